The van der Waals surface area contributed by atoms with Crippen LogP contribution in [0.3, 0.4) is 0 Å². The first-order valence-electron chi connectivity index (χ1n) is 7.60. The van der Waals surface area contributed by atoms with Crippen LogP contribution < -0.4 is 11.5 Å². The van der Waals surface area contributed by atoms with E-state index in [1.165, 1.54) is 11.8 Å². The molecule has 0 heterocycles. The summed E-state index contributed by atoms with van der Waals surface area (Å²) in [5.41, 5.74) is 10.6. The van der Waals surface area contributed by atoms with Gasteiger partial charge < -0.3 is 36.3 Å². The van der Waals surface area contributed by atoms with Crippen LogP contribution in [0.2, 0.25) is 0 Å². The minimum atomic E-state index is -1.21. The van der Waals surface area contributed by atoms with Gasteiger partial charge in [0.25, 0.3) is 12.9 Å². The summed E-state index contributed by atoms with van der Waals surface area (Å²) in [4.78, 5) is 51.1. The zero-order valence-corrected chi connectivity index (χ0v) is 16.6. The second-order valence-corrected chi connectivity index (χ2v) is 7.57. The first-order valence-corrected chi connectivity index (χ1v) is 9.69. The first kappa shape index (κ1) is 28.2. The van der Waals surface area contributed by atoms with Crippen LogP contribution in [-0.4, -0.2) is 93.5 Å². The number of hydrogen-bond acceptors (Lipinski definition) is 11. The highest BCUT2D eigenvalue weighted by Crippen LogP contribution is 2.13. The predicted octanol–water partition coefficient (Wildman–Crippen LogP) is -1.55. The fourth-order valence-electron chi connectivity index (χ4n) is 1.19. The molecular weight excluding hydrogens is 420 g/mol. The van der Waals surface area contributed by atoms with E-state index in [-0.39, 0.29) is 38.0 Å². The Bertz CT molecular complexity index is 507. The third-order valence-electron chi connectivity index (χ3n) is 2.54. The topological polar surface area (TPSA) is 217 Å². The van der Waals surface area contributed by atoms with Crippen LogP contribution in [0.5, 0.6) is 0 Å². The van der Waals surface area contributed by atoms with Gasteiger partial charge in [0.1, 0.15) is 29.8 Å². The predicted molar refractivity (Wildman–Crippen MR) is 101 cm³/mol. The van der Waals surface area contributed by atoms with Crippen LogP contribution in [-0.2, 0) is 33.4 Å². The van der Waals surface area contributed by atoms with Gasteiger partial charge in [-0.2, -0.15) is 0 Å². The van der Waals surface area contributed by atoms with Crippen molar-refractivity contribution < 1.29 is 48.8 Å². The Balaban J connectivity index is 0. The summed E-state index contributed by atoms with van der Waals surface area (Å²) in [7, 11) is 0. The van der Waals surface area contributed by atoms with Gasteiger partial charge in [0.15, 0.2) is 0 Å². The van der Waals surface area contributed by atoms with Crippen molar-refractivity contribution >= 4 is 54.4 Å². The molecule has 0 fully saturated rings. The van der Waals surface area contributed by atoms with Crippen LogP contribution in [0.15, 0.2) is 0 Å². The average molecular weight is 444 g/mol. The molecule has 0 aliphatic heterocycles. The van der Waals surface area contributed by atoms with Gasteiger partial charge in [-0.3, -0.25) is 24.0 Å². The molecule has 2 unspecified atom stereocenters. The first-order chi connectivity index (χ1) is 13.1. The fourth-order valence-corrected chi connectivity index (χ4v) is 2.95. The number of carbonyl (C=O) groups excluding carboxylic acids is 2. The number of carboxylic acids is 3. The van der Waals surface area contributed by atoms with E-state index >= 15 is 0 Å². The largest absolute Gasteiger partial charge is 0.480 e. The van der Waals surface area contributed by atoms with Crippen molar-refractivity contribution in [3.63, 3.8) is 0 Å². The van der Waals surface area contributed by atoms with Crippen molar-refractivity contribution in [3.05, 3.63) is 0 Å². The Morgan fingerprint density at radius 2 is 1.25 bits per heavy atom. The van der Waals surface area contributed by atoms with Crippen molar-refractivity contribution in [2.24, 2.45) is 11.5 Å². The highest BCUT2D eigenvalue weighted by molar-refractivity contribution is 8.00. The molecule has 0 spiro atoms. The van der Waals surface area contributed by atoms with E-state index < -0.39 is 34.4 Å². The lowest BCUT2D eigenvalue weighted by Crippen LogP contribution is -2.34. The second-order valence-electron chi connectivity index (χ2n) is 5.10. The Morgan fingerprint density at radius 1 is 0.857 bits per heavy atom. The van der Waals surface area contributed by atoms with Gasteiger partial charge in [-0.25, -0.2) is 0 Å². The lowest BCUT2D eigenvalue weighted by molar-refractivity contribution is -0.140. The van der Waals surface area contributed by atoms with Gasteiger partial charge in [-0.05, 0) is 6.92 Å². The zero-order valence-electron chi connectivity index (χ0n) is 15.0. The molecule has 4 atom stereocenters. The van der Waals surface area contributed by atoms with E-state index in [1.54, 1.807) is 6.92 Å². The van der Waals surface area contributed by atoms with Crippen molar-refractivity contribution in [1.29, 1.82) is 0 Å². The van der Waals surface area contributed by atoms with Crippen LogP contribution in [0, 0.1) is 0 Å². The SMILES string of the molecule is C[C@@H](N)CSC(COC=O)C(=O)O.N[C@@H](CSC(COC=O)C(=O)O)C(=O)O. The molecule has 7 N–H and O–H groups in total. The zero-order chi connectivity index (χ0) is 22.1. The number of carbonyl (C=O) groups is 5. The molecular formula is C14H24N2O10S2. The standard InChI is InChI=1S/C7H11NO6S.C7H13NO4S/c8-4(6(10)11)2-15-5(7(12)13)1-14-3-9;1-5(8)3-13-6(7(10)11)2-12-4-9/h3-5H,1-2,8H2,(H,10,11)(H,12,13);4-6H,2-3,8H2,1H3,(H,10,11)/t4-,5?;5-,6?/m01/s1. The van der Waals surface area contributed by atoms with E-state index in [2.05, 4.69) is 9.47 Å². The van der Waals surface area contributed by atoms with Gasteiger partial charge >= 0.3 is 17.9 Å². The van der Waals surface area contributed by atoms with E-state index in [0.29, 0.717) is 5.75 Å². The van der Waals surface area contributed by atoms with Crippen LogP contribution in [0.25, 0.3) is 0 Å². The minimum absolute atomic E-state index is 0.0610. The molecule has 162 valence electrons. The maximum absolute atomic E-state index is 10.6. The Hall–Kier alpha value is -2.03. The molecule has 0 aromatic heterocycles. The summed E-state index contributed by atoms with van der Waals surface area (Å²) in [6.07, 6.45) is 0. The molecule has 0 aromatic rings. The van der Waals surface area contributed by atoms with Crippen molar-refractivity contribution in [1.82, 2.24) is 0 Å². The number of ether oxygens (including phenoxy) is 2. The van der Waals surface area contributed by atoms with E-state index in [9.17, 15) is 24.0 Å². The number of nitrogens with two attached hydrogens (primary N) is 2. The van der Waals surface area contributed by atoms with Crippen LogP contribution >= 0.6 is 23.5 Å². The maximum atomic E-state index is 10.6. The Kier molecular flexibility index (Phi) is 17.2. The molecule has 0 saturated heterocycles. The summed E-state index contributed by atoms with van der Waals surface area (Å²) < 4.78 is 8.65. The summed E-state index contributed by atoms with van der Waals surface area (Å²) in [5.74, 6) is -2.91. The van der Waals surface area contributed by atoms with Gasteiger partial charge in [0, 0.05) is 17.5 Å². The van der Waals surface area contributed by atoms with Crippen LogP contribution in [0.4, 0.5) is 0 Å². The summed E-state index contributed by atoms with van der Waals surface area (Å²) in [6.45, 7) is 1.73. The average Bonchev–Trinajstić information content (AvgIpc) is 2.61. The molecule has 0 aromatic carbocycles. The van der Waals surface area contributed by atoms with Gasteiger partial charge in [-0.1, -0.05) is 0 Å². The summed E-state index contributed by atoms with van der Waals surface area (Å²) >= 11 is 1.99. The summed E-state index contributed by atoms with van der Waals surface area (Å²) in [6, 6.07) is -1.20. The highest BCUT2D eigenvalue weighted by atomic mass is 32.2. The van der Waals surface area contributed by atoms with Crippen molar-refractivity contribution in [2.45, 2.75) is 29.5 Å². The van der Waals surface area contributed by atoms with E-state index in [0.717, 1.165) is 11.8 Å². The molecule has 0 amide bonds. The lowest BCUT2D eigenvalue weighted by Gasteiger charge is -2.12. The van der Waals surface area contributed by atoms with Crippen molar-refractivity contribution in [2.75, 3.05) is 24.7 Å². The number of hydrogen-bond donors (Lipinski definition) is 5. The van der Waals surface area contributed by atoms with Gasteiger partial charge in [0.2, 0.25) is 0 Å². The molecule has 0 radical (unpaired) electrons. The van der Waals surface area contributed by atoms with Gasteiger partial charge in [-0.15, -0.1) is 23.5 Å². The van der Waals surface area contributed by atoms with Crippen LogP contribution in [0.1, 0.15) is 6.92 Å². The number of carboxylic acid groups (broad SMARTS) is 3. The molecule has 14 heteroatoms. The number of thioether (sulfide) groups is 2. The number of aliphatic carboxylic acids is 3. The molecule has 0 bridgehead atoms. The minimum Gasteiger partial charge on any atom is -0.480 e. The smallest absolute Gasteiger partial charge is 0.321 e. The third-order valence-corrected chi connectivity index (χ3v) is 5.29. The van der Waals surface area contributed by atoms with E-state index in [1.807, 2.05) is 0 Å². The maximum Gasteiger partial charge on any atom is 0.321 e. The van der Waals surface area contributed by atoms with E-state index in [4.69, 9.17) is 26.8 Å². The molecule has 0 aliphatic carbocycles. The normalized spacial score (nSPS) is 14.2. The lowest BCUT2D eigenvalue weighted by atomic mass is 10.4. The molecule has 0 aliphatic rings. The summed E-state index contributed by atoms with van der Waals surface area (Å²) in [5, 5.41) is 24.0. The molecule has 0 rings (SSSR count). The monoisotopic (exact) mass is 444 g/mol. The van der Waals surface area contributed by atoms with Crippen molar-refractivity contribution in [3.8, 4) is 0 Å². The number of rotatable bonds is 15. The third kappa shape index (κ3) is 16.2. The van der Waals surface area contributed by atoms with Gasteiger partial charge in [0.05, 0.1) is 0 Å². The fraction of sp³-hybridized carbons (Fsp3) is 0.643. The second kappa shape index (κ2) is 17.1. The Morgan fingerprint density at radius 3 is 1.54 bits per heavy atom. The quantitative estimate of drug-likeness (QED) is 0.181. The molecule has 12 nitrogen and oxygen atoms in total. The highest BCUT2D eigenvalue weighted by Gasteiger charge is 2.22. The Labute approximate surface area is 169 Å². The molecule has 0 saturated carbocycles. The molecule has 28 heavy (non-hydrogen) atoms.